The van der Waals surface area contributed by atoms with Crippen molar-refractivity contribution in [2.24, 2.45) is 0 Å². The molecule has 1 aliphatic rings. The molecule has 0 spiro atoms. The van der Waals surface area contributed by atoms with Gasteiger partial charge in [-0.2, -0.15) is 15.0 Å². The molecule has 0 bridgehead atoms. The minimum absolute atomic E-state index is 0.0321. The Morgan fingerprint density at radius 1 is 1.21 bits per heavy atom. The van der Waals surface area contributed by atoms with E-state index in [1.807, 2.05) is 0 Å². The van der Waals surface area contributed by atoms with Crippen molar-refractivity contribution in [3.63, 3.8) is 0 Å². The van der Waals surface area contributed by atoms with Gasteiger partial charge in [0.05, 0.1) is 6.04 Å². The molecule has 1 aromatic heterocycles. The first-order valence-electron chi connectivity index (χ1n) is 8.31. The molecule has 24 heavy (non-hydrogen) atoms. The molecule has 5 nitrogen and oxygen atoms in total. The van der Waals surface area contributed by atoms with Crippen LogP contribution in [0.5, 0.6) is 0 Å². The minimum atomic E-state index is -1.66. The summed E-state index contributed by atoms with van der Waals surface area (Å²) < 4.78 is 14.2. The van der Waals surface area contributed by atoms with Crippen LogP contribution in [0.2, 0.25) is 0 Å². The number of benzene rings is 1. The monoisotopic (exact) mass is 329 g/mol. The number of aromatic nitrogens is 3. The van der Waals surface area contributed by atoms with Crippen LogP contribution in [0.15, 0.2) is 12.1 Å². The van der Waals surface area contributed by atoms with Gasteiger partial charge in [0, 0.05) is 0 Å². The number of nitrogens with two attached hydrogens (primary N) is 1. The minimum Gasteiger partial charge on any atom is -0.368 e. The van der Waals surface area contributed by atoms with Gasteiger partial charge in [-0.3, -0.25) is 0 Å². The molecule has 6 heteroatoms. The van der Waals surface area contributed by atoms with E-state index in [1.165, 1.54) is 36.1 Å². The van der Waals surface area contributed by atoms with Crippen LogP contribution in [0.1, 0.15) is 60.8 Å². The van der Waals surface area contributed by atoms with Crippen molar-refractivity contribution in [3.05, 3.63) is 40.2 Å². The Hall–Kier alpha value is -2.24. The molecule has 0 fully saturated rings. The Kier molecular flexibility index (Phi) is 4.15. The zero-order valence-corrected chi connectivity index (χ0v) is 14.7. The lowest BCUT2D eigenvalue weighted by atomic mass is 9.84. The zero-order valence-electron chi connectivity index (χ0n) is 14.7. The van der Waals surface area contributed by atoms with Crippen LogP contribution in [-0.2, 0) is 12.1 Å². The number of aryl methyl sites for hydroxylation is 2. The third-order valence-corrected chi connectivity index (χ3v) is 4.43. The van der Waals surface area contributed by atoms with Gasteiger partial charge in [0.1, 0.15) is 0 Å². The van der Waals surface area contributed by atoms with Crippen LogP contribution >= 0.6 is 0 Å². The number of hydrogen-bond acceptors (Lipinski definition) is 5. The SMILES string of the molecule is Cc1cc(C)c2c(c1)C(Nc1nc(N)nc(C(C)(C)F)n1)CCC2. The van der Waals surface area contributed by atoms with Crippen molar-refractivity contribution >= 4 is 11.9 Å². The number of alkyl halides is 1. The second-order valence-electron chi connectivity index (χ2n) is 7.05. The lowest BCUT2D eigenvalue weighted by Crippen LogP contribution is -2.22. The molecule has 128 valence electrons. The Balaban J connectivity index is 1.95. The average molecular weight is 329 g/mol. The summed E-state index contributed by atoms with van der Waals surface area (Å²) in [5, 5.41) is 3.34. The molecule has 1 unspecified atom stereocenters. The highest BCUT2D eigenvalue weighted by molar-refractivity contribution is 5.45. The van der Waals surface area contributed by atoms with Gasteiger partial charge >= 0.3 is 0 Å². The molecule has 0 aliphatic heterocycles. The number of anilines is 2. The van der Waals surface area contributed by atoms with Crippen molar-refractivity contribution < 1.29 is 4.39 Å². The maximum absolute atomic E-state index is 14.2. The average Bonchev–Trinajstić information content (AvgIpc) is 2.46. The van der Waals surface area contributed by atoms with Crippen molar-refractivity contribution in [2.75, 3.05) is 11.1 Å². The van der Waals surface area contributed by atoms with E-state index < -0.39 is 5.67 Å². The van der Waals surface area contributed by atoms with E-state index in [2.05, 4.69) is 46.2 Å². The lowest BCUT2D eigenvalue weighted by Gasteiger charge is -2.28. The summed E-state index contributed by atoms with van der Waals surface area (Å²) in [4.78, 5) is 12.3. The van der Waals surface area contributed by atoms with Crippen LogP contribution in [0.4, 0.5) is 16.3 Å². The smallest absolute Gasteiger partial charge is 0.228 e. The topological polar surface area (TPSA) is 76.7 Å². The largest absolute Gasteiger partial charge is 0.368 e. The number of nitrogens with zero attached hydrogens (tertiary/aromatic N) is 3. The van der Waals surface area contributed by atoms with E-state index in [0.717, 1.165) is 19.3 Å². The van der Waals surface area contributed by atoms with Crippen molar-refractivity contribution in [1.82, 2.24) is 15.0 Å². The summed E-state index contributed by atoms with van der Waals surface area (Å²) in [6.45, 7) is 7.07. The van der Waals surface area contributed by atoms with Gasteiger partial charge in [-0.25, -0.2) is 4.39 Å². The number of fused-ring (bicyclic) bond motifs is 1. The van der Waals surface area contributed by atoms with Crippen LogP contribution in [-0.4, -0.2) is 15.0 Å². The Bertz CT molecular complexity index is 767. The molecule has 0 saturated carbocycles. The van der Waals surface area contributed by atoms with Gasteiger partial charge in [0.15, 0.2) is 11.5 Å². The molecule has 1 aromatic carbocycles. The second kappa shape index (κ2) is 6.00. The predicted octanol–water partition coefficient (Wildman–Crippen LogP) is 3.76. The van der Waals surface area contributed by atoms with Gasteiger partial charge in [-0.15, -0.1) is 0 Å². The number of hydrogen-bond donors (Lipinski definition) is 2. The van der Waals surface area contributed by atoms with Crippen molar-refractivity contribution in [1.29, 1.82) is 0 Å². The van der Waals surface area contributed by atoms with Crippen LogP contribution in [0, 0.1) is 13.8 Å². The van der Waals surface area contributed by atoms with E-state index in [1.54, 1.807) is 0 Å². The summed E-state index contributed by atoms with van der Waals surface area (Å²) in [5.41, 5.74) is 9.29. The molecular formula is C18H24FN5. The fourth-order valence-corrected chi connectivity index (χ4v) is 3.35. The summed E-state index contributed by atoms with van der Waals surface area (Å²) in [5.74, 6) is 0.416. The van der Waals surface area contributed by atoms with Crippen molar-refractivity contribution in [2.45, 2.75) is 58.7 Å². The summed E-state index contributed by atoms with van der Waals surface area (Å²) >= 11 is 0. The first kappa shape index (κ1) is 16.6. The van der Waals surface area contributed by atoms with Gasteiger partial charge in [-0.05, 0) is 63.6 Å². The molecule has 0 saturated heterocycles. The van der Waals surface area contributed by atoms with Crippen molar-refractivity contribution in [3.8, 4) is 0 Å². The van der Waals surface area contributed by atoms with Gasteiger partial charge in [0.2, 0.25) is 11.9 Å². The molecule has 1 aliphatic carbocycles. The molecule has 3 rings (SSSR count). The Morgan fingerprint density at radius 2 is 1.96 bits per heavy atom. The summed E-state index contributed by atoms with van der Waals surface area (Å²) in [6, 6.07) is 4.53. The van der Waals surface area contributed by atoms with Crippen LogP contribution in [0.3, 0.4) is 0 Å². The van der Waals surface area contributed by atoms with E-state index in [9.17, 15) is 4.39 Å². The lowest BCUT2D eigenvalue weighted by molar-refractivity contribution is 0.206. The molecule has 2 aromatic rings. The Labute approximate surface area is 141 Å². The number of rotatable bonds is 3. The first-order chi connectivity index (χ1) is 11.2. The Morgan fingerprint density at radius 3 is 2.67 bits per heavy atom. The third-order valence-electron chi connectivity index (χ3n) is 4.43. The zero-order chi connectivity index (χ0) is 17.5. The molecule has 1 heterocycles. The van der Waals surface area contributed by atoms with E-state index in [0.29, 0.717) is 5.95 Å². The number of halogens is 1. The van der Waals surface area contributed by atoms with E-state index in [-0.39, 0.29) is 17.8 Å². The molecule has 0 radical (unpaired) electrons. The predicted molar refractivity (Wildman–Crippen MR) is 93.6 cm³/mol. The van der Waals surface area contributed by atoms with Gasteiger partial charge < -0.3 is 11.1 Å². The van der Waals surface area contributed by atoms with Crippen LogP contribution < -0.4 is 11.1 Å². The van der Waals surface area contributed by atoms with E-state index in [4.69, 9.17) is 5.73 Å². The van der Waals surface area contributed by atoms with Gasteiger partial charge in [-0.1, -0.05) is 17.7 Å². The molecule has 0 amide bonds. The molecule has 1 atom stereocenters. The highest BCUT2D eigenvalue weighted by Gasteiger charge is 2.26. The highest BCUT2D eigenvalue weighted by atomic mass is 19.1. The second-order valence-corrected chi connectivity index (χ2v) is 7.05. The maximum Gasteiger partial charge on any atom is 0.228 e. The quantitative estimate of drug-likeness (QED) is 0.896. The van der Waals surface area contributed by atoms with Gasteiger partial charge in [0.25, 0.3) is 0 Å². The highest BCUT2D eigenvalue weighted by Crippen LogP contribution is 2.34. The van der Waals surface area contributed by atoms with Crippen LogP contribution in [0.25, 0.3) is 0 Å². The van der Waals surface area contributed by atoms with E-state index >= 15 is 0 Å². The molecular weight excluding hydrogens is 305 g/mol. The standard InChI is InChI=1S/C18H24FN5/c1-10-8-11(2)12-6-5-7-14(13(12)9-10)21-17-23-15(18(3,4)19)22-16(20)24-17/h8-9,14H,5-7H2,1-4H3,(H3,20,21,22,23,24). The fraction of sp³-hybridized carbons (Fsp3) is 0.500. The number of nitrogens with one attached hydrogen (secondary N) is 1. The normalized spacial score (nSPS) is 17.5. The first-order valence-corrected chi connectivity index (χ1v) is 8.31. The maximum atomic E-state index is 14.2. The molecule has 3 N–H and O–H groups in total. The number of nitrogen functional groups attached to an aromatic ring is 1. The summed E-state index contributed by atoms with van der Waals surface area (Å²) in [7, 11) is 0. The third kappa shape index (κ3) is 3.32. The fourth-order valence-electron chi connectivity index (χ4n) is 3.35. The summed E-state index contributed by atoms with van der Waals surface area (Å²) in [6.07, 6.45) is 3.16.